The van der Waals surface area contributed by atoms with E-state index in [1.807, 2.05) is 0 Å². The van der Waals surface area contributed by atoms with Crippen molar-refractivity contribution in [3.05, 3.63) is 40.6 Å². The summed E-state index contributed by atoms with van der Waals surface area (Å²) in [6.07, 6.45) is -4.75. The molecule has 0 saturated carbocycles. The Morgan fingerprint density at radius 2 is 1.76 bits per heavy atom. The van der Waals surface area contributed by atoms with Crippen molar-refractivity contribution in [1.29, 1.82) is 0 Å². The largest absolute Gasteiger partial charge is 0.433 e. The zero-order valence-corrected chi connectivity index (χ0v) is 10.7. The van der Waals surface area contributed by atoms with Crippen molar-refractivity contribution in [2.24, 2.45) is 0 Å². The van der Waals surface area contributed by atoms with Gasteiger partial charge in [-0.1, -0.05) is 11.6 Å². The summed E-state index contributed by atoms with van der Waals surface area (Å²) < 4.78 is 64.2. The average molecular weight is 325 g/mol. The first kappa shape index (κ1) is 15.2. The molecule has 1 heterocycles. The minimum atomic E-state index is -4.75. The van der Waals surface area contributed by atoms with Gasteiger partial charge in [0.1, 0.15) is 11.6 Å². The number of nitrogens with zero attached hydrogens (tertiary/aromatic N) is 2. The summed E-state index contributed by atoms with van der Waals surface area (Å²) in [7, 11) is 0. The number of anilines is 3. The molecule has 0 unspecified atom stereocenters. The Hall–Kier alpha value is -2.16. The first-order valence-electron chi connectivity index (χ1n) is 5.30. The maximum Gasteiger partial charge on any atom is 0.433 e. The molecule has 0 saturated heterocycles. The molecule has 112 valence electrons. The van der Waals surface area contributed by atoms with Crippen LogP contribution < -0.4 is 11.1 Å². The number of nitrogen functional groups attached to an aromatic ring is 1. The number of nitrogens with one attached hydrogen (secondary N) is 1. The Labute approximate surface area is 119 Å². The number of halogens is 6. The van der Waals surface area contributed by atoms with Gasteiger partial charge < -0.3 is 11.1 Å². The third-order valence-corrected chi connectivity index (χ3v) is 2.59. The molecule has 1 aromatic heterocycles. The van der Waals surface area contributed by atoms with Gasteiger partial charge in [0.25, 0.3) is 0 Å². The summed E-state index contributed by atoms with van der Waals surface area (Å²) >= 11 is 5.61. The Morgan fingerprint density at radius 1 is 1.10 bits per heavy atom. The summed E-state index contributed by atoms with van der Waals surface area (Å²) in [6, 6.07) is 1.83. The molecule has 0 fully saturated rings. The first-order valence-corrected chi connectivity index (χ1v) is 5.68. The summed E-state index contributed by atoms with van der Waals surface area (Å²) in [5, 5.41) is 1.85. The highest BCUT2D eigenvalue weighted by Gasteiger charge is 2.33. The molecule has 0 bridgehead atoms. The maximum atomic E-state index is 13.5. The van der Waals surface area contributed by atoms with Crippen LogP contribution in [0.4, 0.5) is 39.4 Å². The van der Waals surface area contributed by atoms with Gasteiger partial charge in [0, 0.05) is 12.1 Å². The normalized spacial score (nSPS) is 11.5. The van der Waals surface area contributed by atoms with E-state index in [1.165, 1.54) is 0 Å². The molecule has 2 aromatic rings. The van der Waals surface area contributed by atoms with Crippen LogP contribution in [0.3, 0.4) is 0 Å². The number of aromatic nitrogens is 2. The minimum absolute atomic E-state index is 0.363. The fourth-order valence-corrected chi connectivity index (χ4v) is 1.71. The lowest BCUT2D eigenvalue weighted by Gasteiger charge is -2.12. The van der Waals surface area contributed by atoms with Gasteiger partial charge >= 0.3 is 6.18 Å². The fraction of sp³-hybridized carbons (Fsp3) is 0.0909. The van der Waals surface area contributed by atoms with Crippen LogP contribution in [0.1, 0.15) is 5.69 Å². The third-order valence-electron chi connectivity index (χ3n) is 2.29. The Kier molecular flexibility index (Phi) is 3.86. The van der Waals surface area contributed by atoms with Gasteiger partial charge in [0.05, 0.1) is 10.7 Å². The lowest BCUT2D eigenvalue weighted by Crippen LogP contribution is -2.12. The van der Waals surface area contributed by atoms with Crippen LogP contribution in [0.15, 0.2) is 18.2 Å². The van der Waals surface area contributed by atoms with Gasteiger partial charge in [-0.05, 0) is 6.07 Å². The Morgan fingerprint density at radius 3 is 2.33 bits per heavy atom. The van der Waals surface area contributed by atoms with Gasteiger partial charge in [-0.2, -0.15) is 18.2 Å². The Bertz CT molecular complexity index is 666. The minimum Gasteiger partial charge on any atom is -0.368 e. The van der Waals surface area contributed by atoms with E-state index in [2.05, 4.69) is 15.3 Å². The predicted octanol–water partition coefficient (Wildman–Crippen LogP) is 3.75. The number of rotatable bonds is 2. The van der Waals surface area contributed by atoms with Gasteiger partial charge in [0.2, 0.25) is 5.95 Å². The molecule has 0 aliphatic rings. The van der Waals surface area contributed by atoms with E-state index in [-0.39, 0.29) is 5.02 Å². The van der Waals surface area contributed by atoms with Crippen LogP contribution in [0.5, 0.6) is 0 Å². The summed E-state index contributed by atoms with van der Waals surface area (Å²) in [5.41, 5.74) is 3.43. The summed E-state index contributed by atoms with van der Waals surface area (Å²) in [4.78, 5) is 6.50. The Balaban J connectivity index is 2.43. The van der Waals surface area contributed by atoms with Crippen molar-refractivity contribution in [1.82, 2.24) is 9.97 Å². The lowest BCUT2D eigenvalue weighted by molar-refractivity contribution is -0.141. The molecule has 0 aliphatic carbocycles. The highest BCUT2D eigenvalue weighted by atomic mass is 35.5. The van der Waals surface area contributed by atoms with E-state index >= 15 is 0 Å². The van der Waals surface area contributed by atoms with Crippen molar-refractivity contribution >= 4 is 29.1 Å². The molecule has 0 radical (unpaired) electrons. The van der Waals surface area contributed by atoms with E-state index in [4.69, 9.17) is 17.3 Å². The molecule has 0 amide bonds. The van der Waals surface area contributed by atoms with Gasteiger partial charge in [-0.25, -0.2) is 13.8 Å². The van der Waals surface area contributed by atoms with E-state index in [1.54, 1.807) is 0 Å². The zero-order chi connectivity index (χ0) is 15.8. The fourth-order valence-electron chi connectivity index (χ4n) is 1.46. The van der Waals surface area contributed by atoms with Crippen molar-refractivity contribution in [2.45, 2.75) is 6.18 Å². The molecule has 0 atom stereocenters. The molecule has 1 aromatic carbocycles. The highest BCUT2D eigenvalue weighted by Crippen LogP contribution is 2.32. The van der Waals surface area contributed by atoms with Crippen LogP contribution in [0.25, 0.3) is 0 Å². The number of hydrogen-bond donors (Lipinski definition) is 2. The van der Waals surface area contributed by atoms with Crippen molar-refractivity contribution in [2.75, 3.05) is 11.1 Å². The van der Waals surface area contributed by atoms with Gasteiger partial charge in [-0.3, -0.25) is 0 Å². The second-order valence-corrected chi connectivity index (χ2v) is 4.27. The van der Waals surface area contributed by atoms with Crippen LogP contribution in [-0.2, 0) is 6.18 Å². The van der Waals surface area contributed by atoms with Crippen molar-refractivity contribution in [3.8, 4) is 0 Å². The number of hydrogen-bond acceptors (Lipinski definition) is 4. The van der Waals surface area contributed by atoms with Gasteiger partial charge in [0.15, 0.2) is 11.5 Å². The molecule has 3 N–H and O–H groups in total. The molecular formula is C11H6ClF5N4. The molecule has 2 rings (SSSR count). The monoisotopic (exact) mass is 324 g/mol. The van der Waals surface area contributed by atoms with E-state index < -0.39 is 41.0 Å². The SMILES string of the molecule is Nc1nc(Nc2c(F)cc(F)cc2Cl)cc(C(F)(F)F)n1. The standard InChI is InChI=1S/C11H6ClF5N4/c12-5-1-4(13)2-6(14)9(5)20-8-3-7(11(15,16)17)19-10(18)21-8/h1-3H,(H3,18,19,20,21). The predicted molar refractivity (Wildman–Crippen MR) is 66.1 cm³/mol. The lowest BCUT2D eigenvalue weighted by atomic mass is 10.3. The van der Waals surface area contributed by atoms with Crippen LogP contribution >= 0.6 is 11.6 Å². The number of alkyl halides is 3. The van der Waals surface area contributed by atoms with E-state index in [9.17, 15) is 22.0 Å². The third kappa shape index (κ3) is 3.48. The number of benzene rings is 1. The molecule has 4 nitrogen and oxygen atoms in total. The van der Waals surface area contributed by atoms with Crippen LogP contribution in [0.2, 0.25) is 5.02 Å². The molecule has 10 heteroatoms. The molecule has 0 spiro atoms. The second kappa shape index (κ2) is 5.32. The maximum absolute atomic E-state index is 13.5. The van der Waals surface area contributed by atoms with Crippen molar-refractivity contribution < 1.29 is 22.0 Å². The number of nitrogens with two attached hydrogens (primary N) is 1. The molecule has 0 aliphatic heterocycles. The molecular weight excluding hydrogens is 319 g/mol. The topological polar surface area (TPSA) is 63.8 Å². The summed E-state index contributed by atoms with van der Waals surface area (Å²) in [6.45, 7) is 0. The van der Waals surface area contributed by atoms with Crippen LogP contribution in [-0.4, -0.2) is 9.97 Å². The highest BCUT2D eigenvalue weighted by molar-refractivity contribution is 6.33. The van der Waals surface area contributed by atoms with E-state index in [0.29, 0.717) is 12.1 Å². The quantitative estimate of drug-likeness (QED) is 0.826. The second-order valence-electron chi connectivity index (χ2n) is 3.86. The van der Waals surface area contributed by atoms with Gasteiger partial charge in [-0.15, -0.1) is 0 Å². The summed E-state index contributed by atoms with van der Waals surface area (Å²) in [5.74, 6) is -3.11. The molecule has 21 heavy (non-hydrogen) atoms. The smallest absolute Gasteiger partial charge is 0.368 e. The van der Waals surface area contributed by atoms with Crippen molar-refractivity contribution in [3.63, 3.8) is 0 Å². The van der Waals surface area contributed by atoms with Crippen LogP contribution in [0, 0.1) is 11.6 Å². The average Bonchev–Trinajstić information content (AvgIpc) is 2.32. The van der Waals surface area contributed by atoms with E-state index in [0.717, 1.165) is 6.07 Å². The zero-order valence-electron chi connectivity index (χ0n) is 9.97. The first-order chi connectivity index (χ1) is 9.66.